The molecule has 1 aliphatic heterocycles. The molecule has 4 N–H and O–H groups in total. The van der Waals surface area contributed by atoms with Gasteiger partial charge in [0.2, 0.25) is 0 Å². The standard InChI is InChI=1S/C24H26ClN5O/c1-13(2)30-9-7-14(8-10-30)15-3-6-20-17(11-15)21(22(26)24(31)28-20)16-4-5-19(25)23-18(16)12-27-29-23/h3-6,11-14H,7-10,26H2,1-2H3,(H,27,29)(H,28,31). The Morgan fingerprint density at radius 2 is 1.94 bits per heavy atom. The molecule has 5 rings (SSSR count). The number of aromatic nitrogens is 3. The third kappa shape index (κ3) is 3.40. The van der Waals surface area contributed by atoms with Gasteiger partial charge in [-0.2, -0.15) is 5.10 Å². The first-order valence-electron chi connectivity index (χ1n) is 10.8. The van der Waals surface area contributed by atoms with Gasteiger partial charge in [0.15, 0.2) is 0 Å². The normalized spacial score (nSPS) is 16.0. The fraction of sp³-hybridized carbons (Fsp3) is 0.333. The van der Waals surface area contributed by atoms with Gasteiger partial charge in [-0.25, -0.2) is 0 Å². The van der Waals surface area contributed by atoms with Crippen LogP contribution in [-0.2, 0) is 0 Å². The molecule has 0 atom stereocenters. The number of H-pyrrole nitrogens is 2. The number of likely N-dealkylation sites (tertiary alicyclic amines) is 1. The first kappa shape index (κ1) is 20.1. The number of fused-ring (bicyclic) bond motifs is 2. The van der Waals surface area contributed by atoms with Gasteiger partial charge in [0.25, 0.3) is 5.56 Å². The number of halogens is 1. The molecule has 1 fully saturated rings. The third-order valence-electron chi connectivity index (χ3n) is 6.64. The molecule has 0 spiro atoms. The van der Waals surface area contributed by atoms with E-state index in [-0.39, 0.29) is 11.2 Å². The number of nitrogens with one attached hydrogen (secondary N) is 2. The first-order valence-corrected chi connectivity index (χ1v) is 11.1. The highest BCUT2D eigenvalue weighted by Crippen LogP contribution is 2.39. The second kappa shape index (κ2) is 7.70. The zero-order chi connectivity index (χ0) is 21.7. The van der Waals surface area contributed by atoms with Gasteiger partial charge in [-0.15, -0.1) is 0 Å². The van der Waals surface area contributed by atoms with Crippen molar-refractivity contribution in [3.63, 3.8) is 0 Å². The Kier molecular flexibility index (Phi) is 4.99. The second-order valence-corrected chi connectivity index (χ2v) is 9.11. The van der Waals surface area contributed by atoms with E-state index in [2.05, 4.69) is 46.1 Å². The van der Waals surface area contributed by atoms with Crippen LogP contribution in [0.5, 0.6) is 0 Å². The van der Waals surface area contributed by atoms with Crippen LogP contribution >= 0.6 is 11.6 Å². The average molecular weight is 436 g/mol. The lowest BCUT2D eigenvalue weighted by atomic mass is 9.87. The van der Waals surface area contributed by atoms with Crippen molar-refractivity contribution in [3.05, 3.63) is 57.5 Å². The minimum absolute atomic E-state index is 0.212. The van der Waals surface area contributed by atoms with Crippen molar-refractivity contribution >= 4 is 39.1 Å². The van der Waals surface area contributed by atoms with Crippen LogP contribution in [0.3, 0.4) is 0 Å². The second-order valence-electron chi connectivity index (χ2n) is 8.71. The monoisotopic (exact) mass is 435 g/mol. The highest BCUT2D eigenvalue weighted by atomic mass is 35.5. The Hall–Kier alpha value is -2.83. The summed E-state index contributed by atoms with van der Waals surface area (Å²) in [6, 6.07) is 10.7. The van der Waals surface area contributed by atoms with Crippen LogP contribution in [0.15, 0.2) is 41.3 Å². The lowest BCUT2D eigenvalue weighted by molar-refractivity contribution is 0.172. The van der Waals surface area contributed by atoms with Crippen molar-refractivity contribution in [2.24, 2.45) is 0 Å². The van der Waals surface area contributed by atoms with Gasteiger partial charge >= 0.3 is 0 Å². The summed E-state index contributed by atoms with van der Waals surface area (Å²) < 4.78 is 0. The molecular formula is C24H26ClN5O. The Labute approximate surface area is 185 Å². The summed E-state index contributed by atoms with van der Waals surface area (Å²) in [4.78, 5) is 18.1. The molecule has 6 nitrogen and oxygen atoms in total. The molecular weight excluding hydrogens is 410 g/mol. The zero-order valence-corrected chi connectivity index (χ0v) is 18.5. The van der Waals surface area contributed by atoms with Gasteiger partial charge < -0.3 is 15.6 Å². The summed E-state index contributed by atoms with van der Waals surface area (Å²) >= 11 is 6.33. The highest BCUT2D eigenvalue weighted by Gasteiger charge is 2.23. The van der Waals surface area contributed by atoms with E-state index in [9.17, 15) is 4.79 Å². The summed E-state index contributed by atoms with van der Waals surface area (Å²) in [6.45, 7) is 6.72. The number of rotatable bonds is 3. The number of aromatic amines is 2. The number of hydrogen-bond donors (Lipinski definition) is 3. The molecule has 0 saturated carbocycles. The van der Waals surface area contributed by atoms with Gasteiger partial charge in [0, 0.05) is 27.9 Å². The molecule has 0 unspecified atom stereocenters. The summed E-state index contributed by atoms with van der Waals surface area (Å²) in [5.41, 5.74) is 10.7. The van der Waals surface area contributed by atoms with Gasteiger partial charge in [-0.3, -0.25) is 9.89 Å². The molecule has 0 aliphatic carbocycles. The van der Waals surface area contributed by atoms with E-state index < -0.39 is 0 Å². The van der Waals surface area contributed by atoms with Gasteiger partial charge in [-0.05, 0) is 75.0 Å². The van der Waals surface area contributed by atoms with E-state index in [4.69, 9.17) is 17.3 Å². The molecule has 0 bridgehead atoms. The number of benzene rings is 2. The van der Waals surface area contributed by atoms with Gasteiger partial charge in [0.1, 0.15) is 5.69 Å². The fourth-order valence-corrected chi connectivity index (χ4v) is 5.05. The minimum atomic E-state index is -0.285. The molecule has 1 aliphatic rings. The van der Waals surface area contributed by atoms with Crippen molar-refractivity contribution in [2.45, 2.75) is 38.6 Å². The number of hydrogen-bond acceptors (Lipinski definition) is 4. The summed E-state index contributed by atoms with van der Waals surface area (Å²) in [5, 5.41) is 9.48. The number of anilines is 1. The van der Waals surface area contributed by atoms with E-state index in [1.54, 1.807) is 6.20 Å². The molecule has 2 aromatic carbocycles. The van der Waals surface area contributed by atoms with Crippen LogP contribution in [-0.4, -0.2) is 39.2 Å². The van der Waals surface area contributed by atoms with Crippen LogP contribution in [0.2, 0.25) is 5.02 Å². The van der Waals surface area contributed by atoms with Crippen molar-refractivity contribution in [1.82, 2.24) is 20.1 Å². The molecule has 2 aromatic heterocycles. The third-order valence-corrected chi connectivity index (χ3v) is 6.96. The maximum atomic E-state index is 12.6. The number of nitrogens with zero attached hydrogens (tertiary/aromatic N) is 2. The Balaban J connectivity index is 1.67. The van der Waals surface area contributed by atoms with Crippen LogP contribution < -0.4 is 11.3 Å². The van der Waals surface area contributed by atoms with E-state index in [0.717, 1.165) is 58.9 Å². The minimum Gasteiger partial charge on any atom is -0.394 e. The molecule has 1 saturated heterocycles. The van der Waals surface area contributed by atoms with Gasteiger partial charge in [0.05, 0.1) is 16.7 Å². The van der Waals surface area contributed by atoms with E-state index in [0.29, 0.717) is 17.0 Å². The van der Waals surface area contributed by atoms with Crippen molar-refractivity contribution in [3.8, 4) is 11.1 Å². The van der Waals surface area contributed by atoms with Crippen LogP contribution in [0.4, 0.5) is 5.69 Å². The van der Waals surface area contributed by atoms with E-state index in [1.807, 2.05) is 18.2 Å². The fourth-order valence-electron chi connectivity index (χ4n) is 4.84. The predicted molar refractivity (Wildman–Crippen MR) is 128 cm³/mol. The maximum Gasteiger partial charge on any atom is 0.272 e. The van der Waals surface area contributed by atoms with E-state index >= 15 is 0 Å². The predicted octanol–water partition coefficient (Wildman–Crippen LogP) is 4.89. The quantitative estimate of drug-likeness (QED) is 0.427. The summed E-state index contributed by atoms with van der Waals surface area (Å²) in [5.74, 6) is 0.500. The lowest BCUT2D eigenvalue weighted by Crippen LogP contribution is -2.37. The Morgan fingerprint density at radius 3 is 2.68 bits per heavy atom. The zero-order valence-electron chi connectivity index (χ0n) is 17.7. The molecule has 160 valence electrons. The maximum absolute atomic E-state index is 12.6. The van der Waals surface area contributed by atoms with Crippen molar-refractivity contribution in [1.29, 1.82) is 0 Å². The molecule has 4 aromatic rings. The topological polar surface area (TPSA) is 90.8 Å². The van der Waals surface area contributed by atoms with Crippen LogP contribution in [0.25, 0.3) is 32.9 Å². The summed E-state index contributed by atoms with van der Waals surface area (Å²) in [6.07, 6.45) is 3.99. The van der Waals surface area contributed by atoms with Crippen LogP contribution in [0.1, 0.15) is 38.2 Å². The Bertz CT molecular complexity index is 1330. The highest BCUT2D eigenvalue weighted by molar-refractivity contribution is 6.35. The number of nitrogens with two attached hydrogens (primary N) is 1. The van der Waals surface area contributed by atoms with E-state index in [1.165, 1.54) is 5.56 Å². The number of piperidine rings is 1. The smallest absolute Gasteiger partial charge is 0.272 e. The van der Waals surface area contributed by atoms with Gasteiger partial charge in [-0.1, -0.05) is 23.7 Å². The molecule has 0 radical (unpaired) electrons. The molecule has 0 amide bonds. The Morgan fingerprint density at radius 1 is 1.16 bits per heavy atom. The average Bonchev–Trinajstić information content (AvgIpc) is 3.27. The molecule has 3 heterocycles. The largest absolute Gasteiger partial charge is 0.394 e. The van der Waals surface area contributed by atoms with Crippen LogP contribution in [0, 0.1) is 0 Å². The van der Waals surface area contributed by atoms with Crippen molar-refractivity contribution < 1.29 is 0 Å². The number of nitrogen functional groups attached to an aromatic ring is 1. The molecule has 31 heavy (non-hydrogen) atoms. The first-order chi connectivity index (χ1) is 14.9. The molecule has 7 heteroatoms. The summed E-state index contributed by atoms with van der Waals surface area (Å²) in [7, 11) is 0. The SMILES string of the molecule is CC(C)N1CCC(c2ccc3[nH]c(=O)c(N)c(-c4ccc(Cl)c5[nH]ncc45)c3c2)CC1. The lowest BCUT2D eigenvalue weighted by Gasteiger charge is -2.34. The van der Waals surface area contributed by atoms with Crippen molar-refractivity contribution in [2.75, 3.05) is 18.8 Å². The number of pyridine rings is 1.